The highest BCUT2D eigenvalue weighted by Gasteiger charge is 2.11. The number of amides is 1. The summed E-state index contributed by atoms with van der Waals surface area (Å²) in [5.74, 6) is 0.177. The molecular formula is C22H25N5O. The molecule has 3 aromatic rings. The first-order valence-corrected chi connectivity index (χ1v) is 9.14. The molecule has 0 atom stereocenters. The lowest BCUT2D eigenvalue weighted by molar-refractivity contribution is 0.0945. The Morgan fingerprint density at radius 1 is 1.00 bits per heavy atom. The van der Waals surface area contributed by atoms with Crippen LogP contribution >= 0.6 is 0 Å². The lowest BCUT2D eigenvalue weighted by Gasteiger charge is -2.13. The SMILES string of the molecule is Cc1cccc(CNC(=O)c2cc(C)nc(Nc3ccc(N(C)C)cc3)n2)c1. The maximum atomic E-state index is 12.5. The maximum absolute atomic E-state index is 12.5. The van der Waals surface area contributed by atoms with E-state index < -0.39 is 0 Å². The van der Waals surface area contributed by atoms with Gasteiger partial charge in [-0.2, -0.15) is 0 Å². The Labute approximate surface area is 165 Å². The first-order chi connectivity index (χ1) is 13.4. The Kier molecular flexibility index (Phi) is 5.89. The molecule has 1 heterocycles. The van der Waals surface area contributed by atoms with Crippen LogP contribution in [0.2, 0.25) is 0 Å². The summed E-state index contributed by atoms with van der Waals surface area (Å²) >= 11 is 0. The highest BCUT2D eigenvalue weighted by molar-refractivity contribution is 5.92. The lowest BCUT2D eigenvalue weighted by Crippen LogP contribution is -2.24. The van der Waals surface area contributed by atoms with E-state index in [4.69, 9.17) is 0 Å². The van der Waals surface area contributed by atoms with Gasteiger partial charge in [0.15, 0.2) is 0 Å². The zero-order chi connectivity index (χ0) is 20.1. The molecule has 0 saturated carbocycles. The van der Waals surface area contributed by atoms with Gasteiger partial charge in [-0.15, -0.1) is 0 Å². The van der Waals surface area contributed by atoms with Gasteiger partial charge in [0.05, 0.1) is 0 Å². The van der Waals surface area contributed by atoms with E-state index >= 15 is 0 Å². The van der Waals surface area contributed by atoms with Crippen LogP contribution < -0.4 is 15.5 Å². The van der Waals surface area contributed by atoms with Gasteiger partial charge in [0.2, 0.25) is 5.95 Å². The molecule has 0 aliphatic rings. The zero-order valence-corrected chi connectivity index (χ0v) is 16.7. The number of aryl methyl sites for hydroxylation is 2. The molecule has 0 fully saturated rings. The molecular weight excluding hydrogens is 350 g/mol. The predicted octanol–water partition coefficient (Wildman–Crippen LogP) is 3.83. The van der Waals surface area contributed by atoms with Crippen molar-refractivity contribution in [3.05, 3.63) is 77.1 Å². The van der Waals surface area contributed by atoms with Crippen LogP contribution in [0.5, 0.6) is 0 Å². The molecule has 0 spiro atoms. The highest BCUT2D eigenvalue weighted by Crippen LogP contribution is 2.18. The molecule has 1 aromatic heterocycles. The quantitative estimate of drug-likeness (QED) is 0.685. The van der Waals surface area contributed by atoms with Crippen LogP contribution in [0.4, 0.5) is 17.3 Å². The van der Waals surface area contributed by atoms with Crippen molar-refractivity contribution >= 4 is 23.2 Å². The average molecular weight is 375 g/mol. The van der Waals surface area contributed by atoms with Gasteiger partial charge in [-0.05, 0) is 49.7 Å². The standard InChI is InChI=1S/C22H25N5O/c1-15-6-5-7-17(12-15)14-23-21(28)20-13-16(2)24-22(26-20)25-18-8-10-19(11-9-18)27(3)4/h5-13H,14H2,1-4H3,(H,23,28)(H,24,25,26). The van der Waals surface area contributed by atoms with Gasteiger partial charge in [0, 0.05) is 37.7 Å². The predicted molar refractivity (Wildman–Crippen MR) is 113 cm³/mol. The van der Waals surface area contributed by atoms with Gasteiger partial charge in [-0.25, -0.2) is 9.97 Å². The third kappa shape index (κ3) is 5.07. The molecule has 0 aliphatic carbocycles. The van der Waals surface area contributed by atoms with E-state index in [0.717, 1.165) is 28.2 Å². The van der Waals surface area contributed by atoms with Gasteiger partial charge in [0.1, 0.15) is 5.69 Å². The van der Waals surface area contributed by atoms with Gasteiger partial charge in [-0.1, -0.05) is 29.8 Å². The highest BCUT2D eigenvalue weighted by atomic mass is 16.1. The molecule has 2 aromatic carbocycles. The van der Waals surface area contributed by atoms with Crippen molar-refractivity contribution in [2.75, 3.05) is 24.3 Å². The van der Waals surface area contributed by atoms with Crippen LogP contribution in [0, 0.1) is 13.8 Å². The minimum Gasteiger partial charge on any atom is -0.378 e. The van der Waals surface area contributed by atoms with Crippen LogP contribution in [-0.2, 0) is 6.54 Å². The molecule has 28 heavy (non-hydrogen) atoms. The molecule has 3 rings (SSSR count). The second-order valence-corrected chi connectivity index (χ2v) is 6.96. The number of benzene rings is 2. The number of anilines is 3. The molecule has 1 amide bonds. The number of rotatable bonds is 6. The molecule has 2 N–H and O–H groups in total. The lowest BCUT2D eigenvalue weighted by atomic mass is 10.1. The van der Waals surface area contributed by atoms with Gasteiger partial charge in [-0.3, -0.25) is 4.79 Å². The van der Waals surface area contributed by atoms with Gasteiger partial charge < -0.3 is 15.5 Å². The summed E-state index contributed by atoms with van der Waals surface area (Å²) in [6.45, 7) is 4.33. The number of carbonyl (C=O) groups excluding carboxylic acids is 1. The third-order valence-electron chi connectivity index (χ3n) is 4.26. The summed E-state index contributed by atoms with van der Waals surface area (Å²) in [4.78, 5) is 23.3. The zero-order valence-electron chi connectivity index (χ0n) is 16.7. The summed E-state index contributed by atoms with van der Waals surface area (Å²) in [5.41, 5.74) is 5.25. The Morgan fingerprint density at radius 3 is 2.43 bits per heavy atom. The van der Waals surface area contributed by atoms with Crippen LogP contribution in [0.25, 0.3) is 0 Å². The monoisotopic (exact) mass is 375 g/mol. The van der Waals surface area contributed by atoms with Gasteiger partial charge >= 0.3 is 0 Å². The molecule has 0 radical (unpaired) electrons. The van der Waals surface area contributed by atoms with Crippen LogP contribution in [0.3, 0.4) is 0 Å². The van der Waals surface area contributed by atoms with E-state index in [1.54, 1.807) is 6.07 Å². The number of aromatic nitrogens is 2. The number of carbonyl (C=O) groups is 1. The smallest absolute Gasteiger partial charge is 0.270 e. The largest absolute Gasteiger partial charge is 0.378 e. The molecule has 6 heteroatoms. The Hall–Kier alpha value is -3.41. The van der Waals surface area contributed by atoms with E-state index in [1.807, 2.05) is 75.3 Å². The molecule has 0 unspecified atom stereocenters. The minimum atomic E-state index is -0.224. The van der Waals surface area contributed by atoms with E-state index in [1.165, 1.54) is 0 Å². The fraction of sp³-hybridized carbons (Fsp3) is 0.227. The second kappa shape index (κ2) is 8.52. The fourth-order valence-electron chi connectivity index (χ4n) is 2.81. The molecule has 0 saturated heterocycles. The Bertz CT molecular complexity index is 967. The van der Waals surface area contributed by atoms with Crippen LogP contribution in [0.1, 0.15) is 27.3 Å². The topological polar surface area (TPSA) is 70.2 Å². The first-order valence-electron chi connectivity index (χ1n) is 9.14. The normalized spacial score (nSPS) is 10.4. The first kappa shape index (κ1) is 19.4. The Morgan fingerprint density at radius 2 is 1.75 bits per heavy atom. The van der Waals surface area contributed by atoms with Crippen molar-refractivity contribution < 1.29 is 4.79 Å². The van der Waals surface area contributed by atoms with Gasteiger partial charge in [0.25, 0.3) is 5.91 Å². The molecule has 6 nitrogen and oxygen atoms in total. The van der Waals surface area contributed by atoms with E-state index in [-0.39, 0.29) is 5.91 Å². The van der Waals surface area contributed by atoms with Crippen molar-refractivity contribution in [3.63, 3.8) is 0 Å². The van der Waals surface area contributed by atoms with Crippen molar-refractivity contribution in [3.8, 4) is 0 Å². The number of hydrogen-bond acceptors (Lipinski definition) is 5. The van der Waals surface area contributed by atoms with E-state index in [9.17, 15) is 4.79 Å². The summed E-state index contributed by atoms with van der Waals surface area (Å²) in [5, 5.41) is 6.08. The Balaban J connectivity index is 1.70. The van der Waals surface area contributed by atoms with E-state index in [2.05, 4.69) is 26.7 Å². The van der Waals surface area contributed by atoms with Crippen molar-refractivity contribution in [1.82, 2.24) is 15.3 Å². The van der Waals surface area contributed by atoms with Crippen molar-refractivity contribution in [2.45, 2.75) is 20.4 Å². The van der Waals surface area contributed by atoms with Crippen LogP contribution in [0.15, 0.2) is 54.6 Å². The molecule has 0 bridgehead atoms. The summed E-state index contributed by atoms with van der Waals surface area (Å²) in [6, 6.07) is 17.7. The number of nitrogens with one attached hydrogen (secondary N) is 2. The fourth-order valence-corrected chi connectivity index (χ4v) is 2.81. The minimum absolute atomic E-state index is 0.224. The molecule has 0 aliphatic heterocycles. The second-order valence-electron chi connectivity index (χ2n) is 6.96. The summed E-state index contributed by atoms with van der Waals surface area (Å²) in [6.07, 6.45) is 0. The molecule has 144 valence electrons. The summed E-state index contributed by atoms with van der Waals surface area (Å²) in [7, 11) is 3.99. The van der Waals surface area contributed by atoms with Crippen molar-refractivity contribution in [2.24, 2.45) is 0 Å². The number of nitrogens with zero attached hydrogens (tertiary/aromatic N) is 3. The summed E-state index contributed by atoms with van der Waals surface area (Å²) < 4.78 is 0. The number of hydrogen-bond donors (Lipinski definition) is 2. The van der Waals surface area contributed by atoms with E-state index in [0.29, 0.717) is 18.2 Å². The van der Waals surface area contributed by atoms with Crippen molar-refractivity contribution in [1.29, 1.82) is 0 Å². The third-order valence-corrected chi connectivity index (χ3v) is 4.26. The van der Waals surface area contributed by atoms with Crippen LogP contribution in [-0.4, -0.2) is 30.0 Å². The maximum Gasteiger partial charge on any atom is 0.270 e. The average Bonchev–Trinajstić information content (AvgIpc) is 2.66.